The molecule has 2 aliphatic rings. The molecule has 2 atom stereocenters. The summed E-state index contributed by atoms with van der Waals surface area (Å²) in [5.41, 5.74) is 6.90. The van der Waals surface area contributed by atoms with Crippen molar-refractivity contribution in [2.45, 2.75) is 24.3 Å². The number of amides is 1. The van der Waals surface area contributed by atoms with E-state index in [1.165, 1.54) is 5.56 Å². The van der Waals surface area contributed by atoms with Crippen LogP contribution in [0.25, 0.3) is 23.1 Å². The largest absolute Gasteiger partial charge is 0.497 e. The van der Waals surface area contributed by atoms with Gasteiger partial charge in [0.25, 0.3) is 0 Å². The van der Waals surface area contributed by atoms with Crippen LogP contribution >= 0.6 is 0 Å². The average molecular weight is 465 g/mol. The lowest BCUT2D eigenvalue weighted by atomic mass is 9.91. The van der Waals surface area contributed by atoms with Crippen molar-refractivity contribution in [3.8, 4) is 5.75 Å². The van der Waals surface area contributed by atoms with E-state index in [4.69, 9.17) is 4.74 Å². The Hall–Kier alpha value is -3.90. The van der Waals surface area contributed by atoms with Crippen LogP contribution in [-0.2, 0) is 16.8 Å². The van der Waals surface area contributed by atoms with E-state index in [0.717, 1.165) is 57.7 Å². The Balaban J connectivity index is 1.24. The van der Waals surface area contributed by atoms with E-state index in [9.17, 15) is 4.79 Å². The lowest BCUT2D eigenvalue weighted by Gasteiger charge is -2.10. The van der Waals surface area contributed by atoms with Gasteiger partial charge in [-0.3, -0.25) is 9.89 Å². The summed E-state index contributed by atoms with van der Waals surface area (Å²) in [7, 11) is 5.80. The van der Waals surface area contributed by atoms with Crippen LogP contribution in [0.15, 0.2) is 60.7 Å². The molecule has 2 heterocycles. The van der Waals surface area contributed by atoms with Gasteiger partial charge in [-0.1, -0.05) is 42.5 Å². The van der Waals surface area contributed by atoms with Gasteiger partial charge in [-0.05, 0) is 73.1 Å². The molecular weight excluding hydrogens is 436 g/mol. The third-order valence-corrected chi connectivity index (χ3v) is 7.25. The zero-order valence-electron chi connectivity index (χ0n) is 20.1. The first-order chi connectivity index (χ1) is 17.0. The fourth-order valence-electron chi connectivity index (χ4n) is 5.38. The lowest BCUT2D eigenvalue weighted by Crippen LogP contribution is -2.21. The molecule has 0 saturated heterocycles. The smallest absolute Gasteiger partial charge is 0.235 e. The standard InChI is InChI=1S/C29H28N4O2/c1-33(2)17-19-6-4-18(5-7-19)8-12-25-22-11-9-20(14-27(22)32-31-25)24-16-29(24)23-15-21(35-3)10-13-26(23)30-28(29)34/h4-15,24H,16-17H2,1-3H3,(H,30,34)(H,31,32)/t24?,29-/m0/s1. The number of nitrogens with zero attached hydrogens (tertiary/aromatic N) is 2. The van der Waals surface area contributed by atoms with Crippen LogP contribution in [0, 0.1) is 0 Å². The number of hydrogen-bond donors (Lipinski definition) is 2. The molecule has 6 rings (SSSR count). The zero-order chi connectivity index (χ0) is 24.2. The van der Waals surface area contributed by atoms with Crippen LogP contribution in [0.1, 0.15) is 40.3 Å². The Morgan fingerprint density at radius 2 is 1.91 bits per heavy atom. The van der Waals surface area contributed by atoms with E-state index in [0.29, 0.717) is 0 Å². The molecule has 1 aliphatic carbocycles. The number of carbonyl (C=O) groups excluding carboxylic acids is 1. The molecule has 0 radical (unpaired) electrons. The topological polar surface area (TPSA) is 70.2 Å². The molecule has 1 amide bonds. The Labute approximate surface area is 204 Å². The maximum Gasteiger partial charge on any atom is 0.235 e. The van der Waals surface area contributed by atoms with Gasteiger partial charge in [-0.2, -0.15) is 5.10 Å². The number of H-pyrrole nitrogens is 1. The summed E-state index contributed by atoms with van der Waals surface area (Å²) in [6.07, 6.45) is 4.94. The molecule has 3 aromatic carbocycles. The lowest BCUT2D eigenvalue weighted by molar-refractivity contribution is -0.118. The fourth-order valence-corrected chi connectivity index (χ4v) is 5.38. The van der Waals surface area contributed by atoms with Crippen LogP contribution in [0.2, 0.25) is 0 Å². The highest BCUT2D eigenvalue weighted by atomic mass is 16.5. The van der Waals surface area contributed by atoms with Crippen LogP contribution in [0.3, 0.4) is 0 Å². The van der Waals surface area contributed by atoms with E-state index in [-0.39, 0.29) is 11.8 Å². The highest BCUT2D eigenvalue weighted by Crippen LogP contribution is 2.65. The number of rotatable bonds is 6. The van der Waals surface area contributed by atoms with Gasteiger partial charge in [0.1, 0.15) is 5.75 Å². The number of aromatic amines is 1. The van der Waals surface area contributed by atoms with Crippen molar-refractivity contribution < 1.29 is 9.53 Å². The highest BCUT2D eigenvalue weighted by Gasteiger charge is 2.65. The summed E-state index contributed by atoms with van der Waals surface area (Å²) >= 11 is 0. The van der Waals surface area contributed by atoms with Crippen molar-refractivity contribution in [3.05, 3.63) is 88.6 Å². The number of methoxy groups -OCH3 is 1. The van der Waals surface area contributed by atoms with Gasteiger partial charge in [0.2, 0.25) is 5.91 Å². The second-order valence-corrected chi connectivity index (χ2v) is 9.82. The maximum atomic E-state index is 13.0. The maximum absolute atomic E-state index is 13.0. The SMILES string of the molecule is COc1ccc2c(c1)[C@]1(CC1c1ccc3c(C=Cc4ccc(CN(C)C)cc4)n[nH]c3c1)C(=O)N2. The normalized spacial score (nSPS) is 20.7. The first-order valence-corrected chi connectivity index (χ1v) is 11.9. The number of carbonyl (C=O) groups is 1. The van der Waals surface area contributed by atoms with E-state index >= 15 is 0 Å². The van der Waals surface area contributed by atoms with Crippen LogP contribution in [0.4, 0.5) is 5.69 Å². The molecule has 1 fully saturated rings. The molecule has 6 nitrogen and oxygen atoms in total. The van der Waals surface area contributed by atoms with Crippen LogP contribution in [0.5, 0.6) is 5.75 Å². The summed E-state index contributed by atoms with van der Waals surface area (Å²) in [6, 6.07) is 20.8. The third-order valence-electron chi connectivity index (χ3n) is 7.25. The fraction of sp³-hybridized carbons (Fsp3) is 0.241. The van der Waals surface area contributed by atoms with Crippen molar-refractivity contribution in [2.75, 3.05) is 26.5 Å². The number of aromatic nitrogens is 2. The van der Waals surface area contributed by atoms with E-state index in [2.05, 4.69) is 83.0 Å². The molecule has 176 valence electrons. The number of ether oxygens (including phenoxy) is 1. The molecule has 6 heteroatoms. The number of anilines is 1. The molecule has 1 unspecified atom stereocenters. The minimum Gasteiger partial charge on any atom is -0.497 e. The first-order valence-electron chi connectivity index (χ1n) is 11.9. The summed E-state index contributed by atoms with van der Waals surface area (Å²) in [6.45, 7) is 0.930. The molecule has 1 aromatic heterocycles. The number of nitrogens with one attached hydrogen (secondary N) is 2. The Morgan fingerprint density at radius 3 is 2.69 bits per heavy atom. The second kappa shape index (κ2) is 8.10. The molecule has 1 spiro atoms. The van der Waals surface area contributed by atoms with Crippen molar-refractivity contribution in [2.24, 2.45) is 0 Å². The average Bonchev–Trinajstić information content (AvgIpc) is 3.40. The Bertz CT molecular complexity index is 1470. The van der Waals surface area contributed by atoms with Gasteiger partial charge < -0.3 is 15.0 Å². The minimum atomic E-state index is -0.501. The molecule has 2 N–H and O–H groups in total. The Morgan fingerprint density at radius 1 is 1.09 bits per heavy atom. The summed E-state index contributed by atoms with van der Waals surface area (Å²) in [4.78, 5) is 15.1. The van der Waals surface area contributed by atoms with Crippen molar-refractivity contribution in [1.29, 1.82) is 0 Å². The van der Waals surface area contributed by atoms with Crippen LogP contribution < -0.4 is 10.1 Å². The minimum absolute atomic E-state index is 0.0793. The quantitative estimate of drug-likeness (QED) is 0.413. The Kier molecular flexibility index (Phi) is 5.00. The number of benzene rings is 3. The second-order valence-electron chi connectivity index (χ2n) is 9.82. The van der Waals surface area contributed by atoms with Gasteiger partial charge >= 0.3 is 0 Å². The van der Waals surface area contributed by atoms with Gasteiger partial charge in [-0.15, -0.1) is 0 Å². The third kappa shape index (κ3) is 3.61. The molecular formula is C29H28N4O2. The predicted octanol–water partition coefficient (Wildman–Crippen LogP) is 5.18. The number of fused-ring (bicyclic) bond motifs is 3. The van der Waals surface area contributed by atoms with Gasteiger partial charge in [0.15, 0.2) is 0 Å². The summed E-state index contributed by atoms with van der Waals surface area (Å²) in [5.74, 6) is 0.997. The van der Waals surface area contributed by atoms with E-state index < -0.39 is 5.41 Å². The number of hydrogen-bond acceptors (Lipinski definition) is 4. The molecule has 0 bridgehead atoms. The van der Waals surface area contributed by atoms with Gasteiger partial charge in [0, 0.05) is 23.5 Å². The first kappa shape index (κ1) is 21.6. The van der Waals surface area contributed by atoms with Crippen molar-refractivity contribution >= 4 is 34.6 Å². The molecule has 35 heavy (non-hydrogen) atoms. The monoisotopic (exact) mass is 464 g/mol. The molecule has 4 aromatic rings. The molecule has 1 saturated carbocycles. The van der Waals surface area contributed by atoms with Crippen molar-refractivity contribution in [3.63, 3.8) is 0 Å². The zero-order valence-corrected chi connectivity index (χ0v) is 20.1. The van der Waals surface area contributed by atoms with E-state index in [1.54, 1.807) is 7.11 Å². The van der Waals surface area contributed by atoms with Gasteiger partial charge in [0.05, 0.1) is 23.7 Å². The summed E-state index contributed by atoms with van der Waals surface area (Å²) in [5, 5.41) is 11.8. The predicted molar refractivity (Wildman–Crippen MR) is 140 cm³/mol. The van der Waals surface area contributed by atoms with Gasteiger partial charge in [-0.25, -0.2) is 0 Å². The van der Waals surface area contributed by atoms with E-state index in [1.807, 2.05) is 24.3 Å². The molecule has 1 aliphatic heterocycles. The highest BCUT2D eigenvalue weighted by molar-refractivity contribution is 6.10. The summed E-state index contributed by atoms with van der Waals surface area (Å²) < 4.78 is 5.41. The van der Waals surface area contributed by atoms with Crippen LogP contribution in [-0.4, -0.2) is 42.2 Å². The van der Waals surface area contributed by atoms with Crippen molar-refractivity contribution in [1.82, 2.24) is 15.1 Å².